The number of benzene rings is 1. The molecule has 1 aromatic heterocycles. The third-order valence-corrected chi connectivity index (χ3v) is 3.01. The number of nitriles is 1. The van der Waals surface area contributed by atoms with E-state index in [1.54, 1.807) is 11.6 Å². The zero-order chi connectivity index (χ0) is 11.7. The van der Waals surface area contributed by atoms with Gasteiger partial charge in [0.05, 0.1) is 11.4 Å². The summed E-state index contributed by atoms with van der Waals surface area (Å²) in [7, 11) is 0. The summed E-state index contributed by atoms with van der Waals surface area (Å²) >= 11 is 9.46. The third kappa shape index (κ3) is 1.84. The van der Waals surface area contributed by atoms with Crippen molar-refractivity contribution in [1.82, 2.24) is 9.78 Å². The van der Waals surface area contributed by atoms with Gasteiger partial charge in [-0.05, 0) is 25.1 Å². The molecule has 0 aliphatic rings. The number of halogens is 2. The van der Waals surface area contributed by atoms with Crippen molar-refractivity contribution < 1.29 is 0 Å². The molecule has 0 unspecified atom stereocenters. The smallest absolute Gasteiger partial charge is 0.150 e. The number of rotatable bonds is 1. The summed E-state index contributed by atoms with van der Waals surface area (Å²) in [6.07, 6.45) is 0. The van der Waals surface area contributed by atoms with Crippen LogP contribution >= 0.6 is 27.5 Å². The van der Waals surface area contributed by atoms with E-state index in [-0.39, 0.29) is 0 Å². The van der Waals surface area contributed by atoms with Gasteiger partial charge in [-0.2, -0.15) is 10.4 Å². The molecule has 1 heterocycles. The van der Waals surface area contributed by atoms with Crippen molar-refractivity contribution in [1.29, 1.82) is 5.26 Å². The lowest BCUT2D eigenvalue weighted by Crippen LogP contribution is -1.96. The molecule has 1 aromatic carbocycles. The van der Waals surface area contributed by atoms with Gasteiger partial charge in [-0.15, -0.1) is 0 Å². The van der Waals surface area contributed by atoms with Crippen LogP contribution in [0.25, 0.3) is 5.69 Å². The highest BCUT2D eigenvalue weighted by Gasteiger charge is 2.13. The molecular formula is C11H7BrClN3. The first-order chi connectivity index (χ1) is 7.63. The van der Waals surface area contributed by atoms with Crippen LogP contribution in [-0.4, -0.2) is 9.78 Å². The molecule has 0 saturated heterocycles. The molecular weight excluding hydrogens is 289 g/mol. The summed E-state index contributed by atoms with van der Waals surface area (Å²) in [5, 5.41) is 13.5. The molecule has 16 heavy (non-hydrogen) atoms. The molecule has 3 nitrogen and oxygen atoms in total. The van der Waals surface area contributed by atoms with Gasteiger partial charge in [0, 0.05) is 4.47 Å². The topological polar surface area (TPSA) is 41.6 Å². The molecule has 0 aliphatic carbocycles. The SMILES string of the molecule is Cc1nn(-c2cccc(Br)c2)c(Cl)c1C#N. The molecule has 2 aromatic rings. The van der Waals surface area contributed by atoms with E-state index in [1.807, 2.05) is 30.3 Å². The fraction of sp³-hybridized carbons (Fsp3) is 0.0909. The van der Waals surface area contributed by atoms with Crippen LogP contribution in [0, 0.1) is 18.3 Å². The monoisotopic (exact) mass is 295 g/mol. The highest BCUT2D eigenvalue weighted by molar-refractivity contribution is 9.10. The van der Waals surface area contributed by atoms with Gasteiger partial charge in [0.2, 0.25) is 0 Å². The molecule has 5 heteroatoms. The Bertz CT molecular complexity index is 583. The van der Waals surface area contributed by atoms with Crippen molar-refractivity contribution in [3.05, 3.63) is 45.1 Å². The Morgan fingerprint density at radius 2 is 2.25 bits per heavy atom. The van der Waals surface area contributed by atoms with Crippen LogP contribution in [0.15, 0.2) is 28.7 Å². The van der Waals surface area contributed by atoms with Gasteiger partial charge in [0.1, 0.15) is 11.6 Å². The van der Waals surface area contributed by atoms with E-state index in [0.29, 0.717) is 16.4 Å². The molecule has 80 valence electrons. The summed E-state index contributed by atoms with van der Waals surface area (Å²) in [6.45, 7) is 1.76. The first-order valence-corrected chi connectivity index (χ1v) is 5.71. The number of aryl methyl sites for hydroxylation is 1. The van der Waals surface area contributed by atoms with Gasteiger partial charge >= 0.3 is 0 Å². The van der Waals surface area contributed by atoms with Crippen molar-refractivity contribution in [3.8, 4) is 11.8 Å². The van der Waals surface area contributed by atoms with Crippen molar-refractivity contribution in [2.24, 2.45) is 0 Å². The van der Waals surface area contributed by atoms with Crippen LogP contribution < -0.4 is 0 Å². The molecule has 0 fully saturated rings. The van der Waals surface area contributed by atoms with Crippen LogP contribution in [0.4, 0.5) is 0 Å². The van der Waals surface area contributed by atoms with Crippen molar-refractivity contribution >= 4 is 27.5 Å². The number of hydrogen-bond acceptors (Lipinski definition) is 2. The Morgan fingerprint density at radius 1 is 1.50 bits per heavy atom. The second kappa shape index (κ2) is 4.28. The maximum Gasteiger partial charge on any atom is 0.150 e. The molecule has 0 spiro atoms. The van der Waals surface area contributed by atoms with Crippen LogP contribution in [0.5, 0.6) is 0 Å². The molecule has 0 aliphatic heterocycles. The van der Waals surface area contributed by atoms with Crippen LogP contribution in [0.1, 0.15) is 11.3 Å². The predicted octanol–water partition coefficient (Wildman–Crippen LogP) is 3.47. The van der Waals surface area contributed by atoms with Gasteiger partial charge in [-0.25, -0.2) is 4.68 Å². The van der Waals surface area contributed by atoms with Gasteiger partial charge in [0.15, 0.2) is 5.15 Å². The molecule has 0 saturated carbocycles. The zero-order valence-corrected chi connectivity index (χ0v) is 10.7. The van der Waals surface area contributed by atoms with E-state index in [9.17, 15) is 0 Å². The minimum Gasteiger partial charge on any atom is -0.221 e. The van der Waals surface area contributed by atoms with Crippen molar-refractivity contribution in [2.45, 2.75) is 6.92 Å². The number of aromatic nitrogens is 2. The summed E-state index contributed by atoms with van der Waals surface area (Å²) in [4.78, 5) is 0. The average Bonchev–Trinajstić information content (AvgIpc) is 2.54. The van der Waals surface area contributed by atoms with Crippen LogP contribution in [0.3, 0.4) is 0 Å². The summed E-state index contributed by atoms with van der Waals surface area (Å²) in [6, 6.07) is 9.61. The lowest BCUT2D eigenvalue weighted by Gasteiger charge is -2.02. The lowest BCUT2D eigenvalue weighted by atomic mass is 10.3. The van der Waals surface area contributed by atoms with Crippen molar-refractivity contribution in [2.75, 3.05) is 0 Å². The zero-order valence-electron chi connectivity index (χ0n) is 8.41. The maximum absolute atomic E-state index is 8.92. The lowest BCUT2D eigenvalue weighted by molar-refractivity contribution is 0.863. The molecule has 2 rings (SSSR count). The molecule has 0 radical (unpaired) electrons. The quantitative estimate of drug-likeness (QED) is 0.808. The first kappa shape index (κ1) is 11.2. The number of hydrogen-bond donors (Lipinski definition) is 0. The average molecular weight is 297 g/mol. The fourth-order valence-corrected chi connectivity index (χ4v) is 2.11. The summed E-state index contributed by atoms with van der Waals surface area (Å²) in [5.74, 6) is 0. The van der Waals surface area contributed by atoms with E-state index < -0.39 is 0 Å². The molecule has 0 atom stereocenters. The van der Waals surface area contributed by atoms with E-state index in [2.05, 4.69) is 21.0 Å². The van der Waals surface area contributed by atoms with E-state index >= 15 is 0 Å². The highest BCUT2D eigenvalue weighted by atomic mass is 79.9. The normalized spacial score (nSPS) is 10.1. The van der Waals surface area contributed by atoms with E-state index in [1.165, 1.54) is 0 Å². The predicted molar refractivity (Wildman–Crippen MR) is 65.7 cm³/mol. The van der Waals surface area contributed by atoms with Crippen molar-refractivity contribution in [3.63, 3.8) is 0 Å². The Kier molecular flexibility index (Phi) is 2.99. The van der Waals surface area contributed by atoms with Crippen LogP contribution in [0.2, 0.25) is 5.15 Å². The second-order valence-corrected chi connectivity index (χ2v) is 4.53. The summed E-state index contributed by atoms with van der Waals surface area (Å²) < 4.78 is 2.49. The Balaban J connectivity index is 2.62. The highest BCUT2D eigenvalue weighted by Crippen LogP contribution is 2.24. The maximum atomic E-state index is 8.92. The Morgan fingerprint density at radius 3 is 2.81 bits per heavy atom. The van der Waals surface area contributed by atoms with Gasteiger partial charge < -0.3 is 0 Å². The Labute approximate surface area is 106 Å². The Hall–Kier alpha value is -1.31. The van der Waals surface area contributed by atoms with E-state index in [4.69, 9.17) is 16.9 Å². The number of nitrogens with zero attached hydrogens (tertiary/aromatic N) is 3. The molecule has 0 bridgehead atoms. The van der Waals surface area contributed by atoms with Gasteiger partial charge in [-0.3, -0.25) is 0 Å². The minimum atomic E-state index is 0.345. The second-order valence-electron chi connectivity index (χ2n) is 3.25. The van der Waals surface area contributed by atoms with Gasteiger partial charge in [0.25, 0.3) is 0 Å². The fourth-order valence-electron chi connectivity index (χ4n) is 1.41. The summed E-state index contributed by atoms with van der Waals surface area (Å²) in [5.41, 5.74) is 1.87. The van der Waals surface area contributed by atoms with E-state index in [0.717, 1.165) is 10.2 Å². The molecule has 0 amide bonds. The first-order valence-electron chi connectivity index (χ1n) is 4.54. The largest absolute Gasteiger partial charge is 0.221 e. The minimum absolute atomic E-state index is 0.345. The third-order valence-electron chi connectivity index (χ3n) is 2.17. The standard InChI is InChI=1S/C11H7BrClN3/c1-7-10(6-14)11(13)16(15-7)9-4-2-3-8(12)5-9/h2-5H,1H3. The molecule has 0 N–H and O–H groups in total. The van der Waals surface area contributed by atoms with Crippen LogP contribution in [-0.2, 0) is 0 Å². The van der Waals surface area contributed by atoms with Gasteiger partial charge in [-0.1, -0.05) is 33.6 Å².